The predicted molar refractivity (Wildman–Crippen MR) is 107 cm³/mol. The maximum atomic E-state index is 12.1. The first-order chi connectivity index (χ1) is 12.3. The van der Waals surface area contributed by atoms with E-state index in [9.17, 15) is 14.9 Å². The average molecular weight is 449 g/mol. The molecule has 0 bridgehead atoms. The normalized spacial score (nSPS) is 10.9. The molecular weight excluding hydrogens is 441 g/mol. The van der Waals surface area contributed by atoms with Crippen LogP contribution in [-0.4, -0.2) is 21.6 Å². The number of hydrogen-bond acceptors (Lipinski definition) is 6. The molecule has 0 aliphatic heterocycles. The third-order valence-electron chi connectivity index (χ3n) is 3.16. The number of carbonyl (C=O) groups is 1. The summed E-state index contributed by atoms with van der Waals surface area (Å²) in [5, 5.41) is 14.3. The van der Waals surface area contributed by atoms with Crippen molar-refractivity contribution >= 4 is 85.4 Å². The second kappa shape index (κ2) is 7.98. The molecule has 3 aromatic rings. The number of benzene rings is 2. The van der Waals surface area contributed by atoms with E-state index in [1.165, 1.54) is 47.4 Å². The van der Waals surface area contributed by atoms with E-state index in [4.69, 9.17) is 34.8 Å². The third kappa shape index (κ3) is 4.39. The number of non-ortho nitro benzene ring substituents is 1. The number of hydrogen-bond donors (Lipinski definition) is 1. The van der Waals surface area contributed by atoms with Gasteiger partial charge >= 0.3 is 0 Å². The first-order valence-electron chi connectivity index (χ1n) is 6.95. The van der Waals surface area contributed by atoms with Crippen molar-refractivity contribution in [1.82, 2.24) is 4.98 Å². The van der Waals surface area contributed by atoms with Gasteiger partial charge in [0, 0.05) is 17.2 Å². The van der Waals surface area contributed by atoms with Gasteiger partial charge in [-0.3, -0.25) is 14.9 Å². The zero-order chi connectivity index (χ0) is 18.8. The van der Waals surface area contributed by atoms with E-state index >= 15 is 0 Å². The van der Waals surface area contributed by atoms with Crippen LogP contribution >= 0.6 is 57.9 Å². The topological polar surface area (TPSA) is 85.1 Å². The Morgan fingerprint density at radius 2 is 1.92 bits per heavy atom. The van der Waals surface area contributed by atoms with E-state index < -0.39 is 4.92 Å². The highest BCUT2D eigenvalue weighted by atomic mass is 35.5. The molecule has 1 aromatic heterocycles. The van der Waals surface area contributed by atoms with Crippen molar-refractivity contribution in [2.75, 3.05) is 11.1 Å². The Kier molecular flexibility index (Phi) is 5.89. The SMILES string of the molecule is O=C(CSc1nc2ccc([N+](=O)[O-])cc2s1)Nc1c(Cl)cc(Cl)cc1Cl. The predicted octanol–water partition coefficient (Wildman–Crippen LogP) is 5.90. The number of nitro benzene ring substituents is 1. The smallest absolute Gasteiger partial charge is 0.270 e. The maximum absolute atomic E-state index is 12.1. The summed E-state index contributed by atoms with van der Waals surface area (Å²) < 4.78 is 1.31. The lowest BCUT2D eigenvalue weighted by molar-refractivity contribution is -0.384. The number of fused-ring (bicyclic) bond motifs is 1. The molecule has 0 fully saturated rings. The van der Waals surface area contributed by atoms with Crippen molar-refractivity contribution in [3.8, 4) is 0 Å². The van der Waals surface area contributed by atoms with Gasteiger partial charge in [-0.15, -0.1) is 11.3 Å². The minimum Gasteiger partial charge on any atom is -0.323 e. The lowest BCUT2D eigenvalue weighted by atomic mass is 10.3. The second-order valence-corrected chi connectivity index (χ2v) is 8.47. The van der Waals surface area contributed by atoms with E-state index in [-0.39, 0.29) is 27.4 Å². The molecule has 3 rings (SSSR count). The Morgan fingerprint density at radius 3 is 2.58 bits per heavy atom. The highest BCUT2D eigenvalue weighted by Crippen LogP contribution is 2.35. The summed E-state index contributed by atoms with van der Waals surface area (Å²) >= 11 is 20.4. The van der Waals surface area contributed by atoms with Gasteiger partial charge in [-0.2, -0.15) is 0 Å². The molecule has 0 radical (unpaired) electrons. The molecule has 0 spiro atoms. The van der Waals surface area contributed by atoms with Gasteiger partial charge in [0.1, 0.15) is 0 Å². The molecule has 1 N–H and O–H groups in total. The summed E-state index contributed by atoms with van der Waals surface area (Å²) in [7, 11) is 0. The van der Waals surface area contributed by atoms with Gasteiger partial charge in [0.25, 0.3) is 5.69 Å². The number of anilines is 1. The van der Waals surface area contributed by atoms with Crippen LogP contribution in [0.15, 0.2) is 34.7 Å². The summed E-state index contributed by atoms with van der Waals surface area (Å²) in [6, 6.07) is 7.41. The molecule has 26 heavy (non-hydrogen) atoms. The molecule has 11 heteroatoms. The van der Waals surface area contributed by atoms with Crippen LogP contribution in [0.1, 0.15) is 0 Å². The highest BCUT2D eigenvalue weighted by molar-refractivity contribution is 8.01. The van der Waals surface area contributed by atoms with Crippen molar-refractivity contribution < 1.29 is 9.72 Å². The fourth-order valence-electron chi connectivity index (χ4n) is 2.03. The van der Waals surface area contributed by atoms with Gasteiger partial charge in [-0.05, 0) is 18.2 Å². The van der Waals surface area contributed by atoms with Crippen molar-refractivity contribution in [2.45, 2.75) is 4.34 Å². The summed E-state index contributed by atoms with van der Waals surface area (Å²) in [5.41, 5.74) is 0.943. The first-order valence-corrected chi connectivity index (χ1v) is 9.89. The van der Waals surface area contributed by atoms with Gasteiger partial charge in [-0.1, -0.05) is 46.6 Å². The Bertz CT molecular complexity index is 1000. The van der Waals surface area contributed by atoms with Gasteiger partial charge in [0.2, 0.25) is 5.91 Å². The molecule has 0 saturated heterocycles. The average Bonchev–Trinajstić information content (AvgIpc) is 2.98. The molecule has 0 atom stereocenters. The molecule has 0 unspecified atom stereocenters. The molecule has 1 amide bonds. The summed E-state index contributed by atoms with van der Waals surface area (Å²) in [6.45, 7) is 0. The van der Waals surface area contributed by atoms with E-state index in [2.05, 4.69) is 10.3 Å². The molecule has 134 valence electrons. The minimum absolute atomic E-state index is 0.00228. The summed E-state index contributed by atoms with van der Waals surface area (Å²) in [6.07, 6.45) is 0. The van der Waals surface area contributed by atoms with Gasteiger partial charge in [0.15, 0.2) is 4.34 Å². The van der Waals surface area contributed by atoms with Crippen LogP contribution in [0.3, 0.4) is 0 Å². The number of nitrogens with zero attached hydrogens (tertiary/aromatic N) is 2. The number of amides is 1. The fourth-order valence-corrected chi connectivity index (χ4v) is 4.84. The fraction of sp³-hybridized carbons (Fsp3) is 0.0667. The second-order valence-electron chi connectivity index (χ2n) is 4.97. The van der Waals surface area contributed by atoms with Crippen molar-refractivity contribution in [1.29, 1.82) is 0 Å². The van der Waals surface area contributed by atoms with Crippen LogP contribution in [-0.2, 0) is 4.79 Å². The number of rotatable bonds is 5. The summed E-state index contributed by atoms with van der Waals surface area (Å²) in [5.74, 6) is -0.233. The quantitative estimate of drug-likeness (QED) is 0.298. The Balaban J connectivity index is 1.68. The number of carbonyl (C=O) groups excluding carboxylic acids is 1. The number of thiazole rings is 1. The van der Waals surface area contributed by atoms with Crippen molar-refractivity contribution in [3.05, 3.63) is 55.5 Å². The molecule has 0 saturated carbocycles. The van der Waals surface area contributed by atoms with E-state index in [1.807, 2.05) is 0 Å². The lowest BCUT2D eigenvalue weighted by Gasteiger charge is -2.09. The number of halogens is 3. The number of aromatic nitrogens is 1. The van der Waals surface area contributed by atoms with Gasteiger partial charge in [-0.25, -0.2) is 4.98 Å². The van der Waals surface area contributed by atoms with Crippen LogP contribution in [0.25, 0.3) is 10.2 Å². The Labute approximate surface area is 170 Å². The van der Waals surface area contributed by atoms with Crippen molar-refractivity contribution in [2.24, 2.45) is 0 Å². The Hall–Kier alpha value is -1.58. The molecule has 2 aromatic carbocycles. The van der Waals surface area contributed by atoms with Crippen LogP contribution in [0.4, 0.5) is 11.4 Å². The summed E-state index contributed by atoms with van der Waals surface area (Å²) in [4.78, 5) is 26.8. The number of nitro groups is 1. The monoisotopic (exact) mass is 447 g/mol. The van der Waals surface area contributed by atoms with E-state index in [0.29, 0.717) is 25.3 Å². The van der Waals surface area contributed by atoms with Crippen LogP contribution in [0.2, 0.25) is 15.1 Å². The molecule has 1 heterocycles. The maximum Gasteiger partial charge on any atom is 0.270 e. The molecule has 0 aliphatic rings. The number of thioether (sulfide) groups is 1. The zero-order valence-corrected chi connectivity index (χ0v) is 16.6. The van der Waals surface area contributed by atoms with Crippen molar-refractivity contribution in [3.63, 3.8) is 0 Å². The largest absolute Gasteiger partial charge is 0.323 e. The lowest BCUT2D eigenvalue weighted by Crippen LogP contribution is -2.14. The first kappa shape index (κ1) is 19.2. The standard InChI is InChI=1S/C15H8Cl3N3O3S2/c16-7-3-9(17)14(10(18)4-7)20-13(22)6-25-15-19-11-2-1-8(21(23)24)5-12(11)26-15/h1-5H,6H2,(H,20,22). The van der Waals surface area contributed by atoms with Crippen LogP contribution < -0.4 is 5.32 Å². The van der Waals surface area contributed by atoms with Crippen LogP contribution in [0, 0.1) is 10.1 Å². The van der Waals surface area contributed by atoms with E-state index in [0.717, 1.165) is 0 Å². The third-order valence-corrected chi connectivity index (χ3v) is 6.14. The molecule has 6 nitrogen and oxygen atoms in total. The Morgan fingerprint density at radius 1 is 1.23 bits per heavy atom. The molecule has 0 aliphatic carbocycles. The van der Waals surface area contributed by atoms with Crippen LogP contribution in [0.5, 0.6) is 0 Å². The van der Waals surface area contributed by atoms with Gasteiger partial charge < -0.3 is 5.32 Å². The van der Waals surface area contributed by atoms with Gasteiger partial charge in [0.05, 0.1) is 36.6 Å². The number of nitrogens with one attached hydrogen (secondary N) is 1. The minimum atomic E-state index is -0.459. The van der Waals surface area contributed by atoms with E-state index in [1.54, 1.807) is 6.07 Å². The molecular formula is C15H8Cl3N3O3S2. The highest BCUT2D eigenvalue weighted by Gasteiger charge is 2.14. The zero-order valence-electron chi connectivity index (χ0n) is 12.7.